The minimum Gasteiger partial charge on any atom is -0.478 e. The molecule has 0 fully saturated rings. The fraction of sp³-hybridized carbons (Fsp3) is 0.250. The molecule has 19 heavy (non-hydrogen) atoms. The number of halogens is 1. The topological polar surface area (TPSA) is 80.0 Å². The lowest BCUT2D eigenvalue weighted by Crippen LogP contribution is -2.07. The van der Waals surface area contributed by atoms with Crippen LogP contribution in [0.5, 0.6) is 0 Å². The van der Waals surface area contributed by atoms with Gasteiger partial charge >= 0.3 is 5.97 Å². The van der Waals surface area contributed by atoms with E-state index in [1.807, 2.05) is 13.2 Å². The number of carboxylic acids is 1. The number of anilines is 1. The Labute approximate surface area is 115 Å². The third-order valence-corrected chi connectivity index (χ3v) is 2.71. The third kappa shape index (κ3) is 3.69. The number of carbonyl (C=O) groups is 1. The van der Waals surface area contributed by atoms with E-state index in [1.165, 1.54) is 12.1 Å². The van der Waals surface area contributed by atoms with E-state index in [2.05, 4.69) is 15.4 Å². The van der Waals surface area contributed by atoms with Crippen molar-refractivity contribution in [3.05, 3.63) is 40.8 Å². The monoisotopic (exact) mass is 280 g/mol. The standard InChI is InChI=1S/C12H13ClN4O2/c1-17-7-8(6-15-17)2-3-14-11-5-9(12(18)19)4-10(13)16-11/h4-7H,2-3H2,1H3,(H,14,16)(H,18,19). The van der Waals surface area contributed by atoms with Gasteiger partial charge in [0.25, 0.3) is 0 Å². The minimum atomic E-state index is -1.03. The molecular formula is C12H13ClN4O2. The molecular weight excluding hydrogens is 268 g/mol. The first-order valence-electron chi connectivity index (χ1n) is 5.67. The highest BCUT2D eigenvalue weighted by Gasteiger charge is 2.07. The van der Waals surface area contributed by atoms with Crippen LogP contribution in [-0.2, 0) is 13.5 Å². The molecule has 7 heteroatoms. The van der Waals surface area contributed by atoms with Crippen LogP contribution in [0.1, 0.15) is 15.9 Å². The fourth-order valence-electron chi connectivity index (χ4n) is 1.65. The highest BCUT2D eigenvalue weighted by Crippen LogP contribution is 2.14. The van der Waals surface area contributed by atoms with Crippen LogP contribution < -0.4 is 5.32 Å². The second-order valence-corrected chi connectivity index (χ2v) is 4.46. The third-order valence-electron chi connectivity index (χ3n) is 2.52. The lowest BCUT2D eigenvalue weighted by Gasteiger charge is -2.06. The second kappa shape index (κ2) is 5.71. The number of aryl methyl sites for hydroxylation is 1. The first-order valence-corrected chi connectivity index (χ1v) is 6.04. The van der Waals surface area contributed by atoms with Crippen molar-refractivity contribution >= 4 is 23.4 Å². The number of aromatic nitrogens is 3. The quantitative estimate of drug-likeness (QED) is 0.817. The van der Waals surface area contributed by atoms with Crippen LogP contribution in [0.2, 0.25) is 5.15 Å². The van der Waals surface area contributed by atoms with Gasteiger partial charge in [-0.15, -0.1) is 0 Å². The summed E-state index contributed by atoms with van der Waals surface area (Å²) in [5, 5.41) is 16.2. The molecule has 2 aromatic rings. The van der Waals surface area contributed by atoms with Crippen LogP contribution in [0.3, 0.4) is 0 Å². The lowest BCUT2D eigenvalue weighted by molar-refractivity contribution is 0.0697. The van der Waals surface area contributed by atoms with E-state index in [0.717, 1.165) is 12.0 Å². The van der Waals surface area contributed by atoms with Crippen LogP contribution >= 0.6 is 11.6 Å². The molecule has 2 N–H and O–H groups in total. The van der Waals surface area contributed by atoms with Gasteiger partial charge in [-0.3, -0.25) is 4.68 Å². The number of rotatable bonds is 5. The number of hydrogen-bond donors (Lipinski definition) is 2. The maximum absolute atomic E-state index is 10.9. The zero-order valence-electron chi connectivity index (χ0n) is 10.3. The van der Waals surface area contributed by atoms with Gasteiger partial charge in [-0.25, -0.2) is 9.78 Å². The number of pyridine rings is 1. The molecule has 0 aliphatic heterocycles. The van der Waals surface area contributed by atoms with E-state index in [9.17, 15) is 4.79 Å². The van der Waals surface area contributed by atoms with E-state index in [4.69, 9.17) is 16.7 Å². The van der Waals surface area contributed by atoms with Gasteiger partial charge < -0.3 is 10.4 Å². The number of hydrogen-bond acceptors (Lipinski definition) is 4. The summed E-state index contributed by atoms with van der Waals surface area (Å²) >= 11 is 5.77. The van der Waals surface area contributed by atoms with Gasteiger partial charge in [-0.05, 0) is 24.1 Å². The highest BCUT2D eigenvalue weighted by molar-refractivity contribution is 6.29. The molecule has 2 heterocycles. The summed E-state index contributed by atoms with van der Waals surface area (Å²) in [6.07, 6.45) is 4.48. The molecule has 2 rings (SSSR count). The van der Waals surface area contributed by atoms with E-state index < -0.39 is 5.97 Å². The van der Waals surface area contributed by atoms with Gasteiger partial charge in [0.05, 0.1) is 11.8 Å². The van der Waals surface area contributed by atoms with Gasteiger partial charge in [0.1, 0.15) is 11.0 Å². The molecule has 0 saturated heterocycles. The number of nitrogens with zero attached hydrogens (tertiary/aromatic N) is 3. The van der Waals surface area contributed by atoms with Crippen LogP contribution in [0.15, 0.2) is 24.5 Å². The van der Waals surface area contributed by atoms with Crippen molar-refractivity contribution in [2.45, 2.75) is 6.42 Å². The Bertz CT molecular complexity index is 597. The molecule has 0 spiro atoms. The Kier molecular flexibility index (Phi) is 4.01. The van der Waals surface area contributed by atoms with Crippen LogP contribution in [0, 0.1) is 0 Å². The minimum absolute atomic E-state index is 0.115. The molecule has 0 radical (unpaired) electrons. The van der Waals surface area contributed by atoms with Crippen molar-refractivity contribution in [3.63, 3.8) is 0 Å². The van der Waals surface area contributed by atoms with E-state index in [1.54, 1.807) is 10.9 Å². The average molecular weight is 281 g/mol. The number of nitrogens with one attached hydrogen (secondary N) is 1. The van der Waals surface area contributed by atoms with Crippen LogP contribution in [0.25, 0.3) is 0 Å². The molecule has 2 aromatic heterocycles. The molecule has 6 nitrogen and oxygen atoms in total. The highest BCUT2D eigenvalue weighted by atomic mass is 35.5. The maximum Gasteiger partial charge on any atom is 0.335 e. The first kappa shape index (κ1) is 13.4. The molecule has 0 aromatic carbocycles. The van der Waals surface area contributed by atoms with E-state index in [-0.39, 0.29) is 10.7 Å². The fourth-order valence-corrected chi connectivity index (χ4v) is 1.86. The first-order chi connectivity index (χ1) is 9.04. The predicted molar refractivity (Wildman–Crippen MR) is 71.6 cm³/mol. The Hall–Kier alpha value is -2.08. The molecule has 0 bridgehead atoms. The molecule has 0 aliphatic carbocycles. The summed E-state index contributed by atoms with van der Waals surface area (Å²) in [7, 11) is 1.86. The van der Waals surface area contributed by atoms with Crippen molar-refractivity contribution in [2.24, 2.45) is 7.05 Å². The van der Waals surface area contributed by atoms with Crippen LogP contribution in [-0.4, -0.2) is 32.4 Å². The maximum atomic E-state index is 10.9. The van der Waals surface area contributed by atoms with Gasteiger partial charge in [0.15, 0.2) is 0 Å². The normalized spacial score (nSPS) is 10.4. The summed E-state index contributed by atoms with van der Waals surface area (Å²) < 4.78 is 1.73. The van der Waals surface area contributed by atoms with Gasteiger partial charge in [0, 0.05) is 19.8 Å². The van der Waals surface area contributed by atoms with E-state index >= 15 is 0 Å². The SMILES string of the molecule is Cn1cc(CCNc2cc(C(=O)O)cc(Cl)n2)cn1. The van der Waals surface area contributed by atoms with Crippen molar-refractivity contribution in [1.29, 1.82) is 0 Å². The van der Waals surface area contributed by atoms with Gasteiger partial charge in [0.2, 0.25) is 0 Å². The summed E-state index contributed by atoms with van der Waals surface area (Å²) in [6.45, 7) is 0.623. The van der Waals surface area contributed by atoms with Crippen molar-refractivity contribution in [3.8, 4) is 0 Å². The Morgan fingerprint density at radius 2 is 2.32 bits per heavy atom. The molecule has 0 amide bonds. The summed E-state index contributed by atoms with van der Waals surface area (Å²) in [5.41, 5.74) is 1.21. The smallest absolute Gasteiger partial charge is 0.335 e. The Morgan fingerprint density at radius 1 is 1.53 bits per heavy atom. The van der Waals surface area contributed by atoms with Crippen LogP contribution in [0.4, 0.5) is 5.82 Å². The Balaban J connectivity index is 1.97. The molecule has 0 atom stereocenters. The zero-order valence-corrected chi connectivity index (χ0v) is 11.1. The number of carboxylic acid groups (broad SMARTS) is 1. The summed E-state index contributed by atoms with van der Waals surface area (Å²) in [6, 6.07) is 2.77. The zero-order chi connectivity index (χ0) is 13.8. The lowest BCUT2D eigenvalue weighted by atomic mass is 10.2. The largest absolute Gasteiger partial charge is 0.478 e. The van der Waals surface area contributed by atoms with Crippen molar-refractivity contribution in [1.82, 2.24) is 14.8 Å². The molecule has 0 unspecified atom stereocenters. The van der Waals surface area contributed by atoms with E-state index in [0.29, 0.717) is 12.4 Å². The molecule has 100 valence electrons. The van der Waals surface area contributed by atoms with Crippen molar-refractivity contribution in [2.75, 3.05) is 11.9 Å². The molecule has 0 saturated carbocycles. The number of aromatic carboxylic acids is 1. The molecule has 0 aliphatic rings. The summed E-state index contributed by atoms with van der Waals surface area (Å²) in [4.78, 5) is 14.9. The predicted octanol–water partition coefficient (Wildman–Crippen LogP) is 1.82. The Morgan fingerprint density at radius 3 is 2.95 bits per heavy atom. The second-order valence-electron chi connectivity index (χ2n) is 4.07. The average Bonchev–Trinajstić information content (AvgIpc) is 2.74. The van der Waals surface area contributed by atoms with Crippen molar-refractivity contribution < 1.29 is 9.90 Å². The van der Waals surface area contributed by atoms with Gasteiger partial charge in [-0.2, -0.15) is 5.10 Å². The summed E-state index contributed by atoms with van der Waals surface area (Å²) in [5.74, 6) is -0.576. The van der Waals surface area contributed by atoms with Gasteiger partial charge in [-0.1, -0.05) is 11.6 Å².